The summed E-state index contributed by atoms with van der Waals surface area (Å²) in [4.78, 5) is 0. The van der Waals surface area contributed by atoms with Crippen molar-refractivity contribution in [3.05, 3.63) is 35.6 Å². The second kappa shape index (κ2) is 7.36. The van der Waals surface area contributed by atoms with E-state index in [9.17, 15) is 12.8 Å². The van der Waals surface area contributed by atoms with Crippen molar-refractivity contribution in [3.8, 4) is 0 Å². The van der Waals surface area contributed by atoms with Crippen LogP contribution in [0.2, 0.25) is 0 Å². The van der Waals surface area contributed by atoms with Gasteiger partial charge in [-0.2, -0.15) is 0 Å². The molecule has 2 N–H and O–H groups in total. The van der Waals surface area contributed by atoms with Gasteiger partial charge in [0.2, 0.25) is 10.0 Å². The van der Waals surface area contributed by atoms with Gasteiger partial charge in [-0.15, -0.1) is 12.4 Å². The lowest BCUT2D eigenvalue weighted by molar-refractivity contribution is 0.361. The Labute approximate surface area is 125 Å². The van der Waals surface area contributed by atoms with Crippen LogP contribution in [-0.2, 0) is 15.8 Å². The minimum Gasteiger partial charge on any atom is -0.314 e. The summed E-state index contributed by atoms with van der Waals surface area (Å²) in [6.45, 7) is 2.85. The molecular weight excluding hydrogens is 303 g/mol. The zero-order valence-electron chi connectivity index (χ0n) is 11.3. The van der Waals surface area contributed by atoms with Gasteiger partial charge in [0.15, 0.2) is 0 Å². The van der Waals surface area contributed by atoms with Crippen LogP contribution in [-0.4, -0.2) is 27.0 Å². The molecule has 1 aliphatic rings. The molecule has 0 radical (unpaired) electrons. The van der Waals surface area contributed by atoms with Crippen LogP contribution in [0.3, 0.4) is 0 Å². The van der Waals surface area contributed by atoms with Crippen molar-refractivity contribution in [2.75, 3.05) is 6.54 Å². The van der Waals surface area contributed by atoms with Crippen LogP contribution >= 0.6 is 12.4 Å². The van der Waals surface area contributed by atoms with Crippen molar-refractivity contribution < 1.29 is 12.8 Å². The van der Waals surface area contributed by atoms with Gasteiger partial charge in [0, 0.05) is 12.1 Å². The Morgan fingerprint density at radius 3 is 2.85 bits per heavy atom. The number of halogens is 2. The summed E-state index contributed by atoms with van der Waals surface area (Å²) >= 11 is 0. The molecule has 0 saturated carbocycles. The van der Waals surface area contributed by atoms with Crippen molar-refractivity contribution in [2.24, 2.45) is 0 Å². The quantitative estimate of drug-likeness (QED) is 0.889. The molecule has 0 bridgehead atoms. The van der Waals surface area contributed by atoms with Crippen LogP contribution in [0.15, 0.2) is 24.3 Å². The van der Waals surface area contributed by atoms with Gasteiger partial charge in [0.1, 0.15) is 5.82 Å². The Morgan fingerprint density at radius 2 is 2.20 bits per heavy atom. The van der Waals surface area contributed by atoms with Gasteiger partial charge in [-0.1, -0.05) is 12.1 Å². The highest BCUT2D eigenvalue weighted by atomic mass is 35.5. The molecule has 1 aromatic rings. The zero-order chi connectivity index (χ0) is 13.9. The number of hydrogen-bond donors (Lipinski definition) is 2. The van der Waals surface area contributed by atoms with Crippen LogP contribution in [0.25, 0.3) is 0 Å². The fraction of sp³-hybridized carbons (Fsp3) is 0.538. The number of hydrogen-bond acceptors (Lipinski definition) is 3. The van der Waals surface area contributed by atoms with Crippen molar-refractivity contribution in [2.45, 2.75) is 37.6 Å². The molecule has 2 rings (SSSR count). The molecule has 0 amide bonds. The number of benzene rings is 1. The molecule has 1 aromatic carbocycles. The molecule has 2 unspecified atom stereocenters. The van der Waals surface area contributed by atoms with Crippen LogP contribution in [0, 0.1) is 5.82 Å². The Kier molecular flexibility index (Phi) is 6.39. The minimum absolute atomic E-state index is 0. The second-order valence-electron chi connectivity index (χ2n) is 5.08. The molecule has 2 atom stereocenters. The molecule has 1 aliphatic heterocycles. The molecule has 1 fully saturated rings. The van der Waals surface area contributed by atoms with Crippen LogP contribution in [0.1, 0.15) is 25.3 Å². The molecule has 0 aromatic heterocycles. The van der Waals surface area contributed by atoms with Crippen molar-refractivity contribution in [1.82, 2.24) is 10.0 Å². The predicted octanol–water partition coefficient (Wildman–Crippen LogP) is 1.81. The first-order chi connectivity index (χ1) is 8.94. The summed E-state index contributed by atoms with van der Waals surface area (Å²) in [6.07, 6.45) is 1.56. The maximum atomic E-state index is 13.0. The van der Waals surface area contributed by atoms with Crippen molar-refractivity contribution >= 4 is 22.4 Å². The number of rotatable bonds is 4. The minimum atomic E-state index is -3.42. The fourth-order valence-corrected chi connectivity index (χ4v) is 3.80. The van der Waals surface area contributed by atoms with Crippen LogP contribution < -0.4 is 10.0 Å². The number of nitrogens with one attached hydrogen (secondary N) is 2. The van der Waals surface area contributed by atoms with Crippen LogP contribution in [0.5, 0.6) is 0 Å². The number of piperidine rings is 1. The molecule has 1 saturated heterocycles. The monoisotopic (exact) mass is 322 g/mol. The van der Waals surface area contributed by atoms with Gasteiger partial charge in [-0.3, -0.25) is 0 Å². The molecule has 1 heterocycles. The smallest absolute Gasteiger partial charge is 0.216 e. The van der Waals surface area contributed by atoms with Gasteiger partial charge in [-0.05, 0) is 44.0 Å². The fourth-order valence-electron chi connectivity index (χ4n) is 2.38. The van der Waals surface area contributed by atoms with Crippen molar-refractivity contribution in [3.63, 3.8) is 0 Å². The highest BCUT2D eigenvalue weighted by Crippen LogP contribution is 2.12. The van der Waals surface area contributed by atoms with Gasteiger partial charge in [0.05, 0.1) is 5.75 Å². The van der Waals surface area contributed by atoms with E-state index in [0.717, 1.165) is 19.4 Å². The van der Waals surface area contributed by atoms with Gasteiger partial charge in [0.25, 0.3) is 0 Å². The lowest BCUT2D eigenvalue weighted by Gasteiger charge is -2.28. The highest BCUT2D eigenvalue weighted by molar-refractivity contribution is 7.88. The normalized spacial score (nSPS) is 23.1. The largest absolute Gasteiger partial charge is 0.314 e. The van der Waals surface area contributed by atoms with E-state index >= 15 is 0 Å². The summed E-state index contributed by atoms with van der Waals surface area (Å²) in [6, 6.07) is 5.98. The maximum absolute atomic E-state index is 13.0. The zero-order valence-corrected chi connectivity index (χ0v) is 12.9. The van der Waals surface area contributed by atoms with Gasteiger partial charge >= 0.3 is 0 Å². The lowest BCUT2D eigenvalue weighted by atomic mass is 10.0. The average molecular weight is 323 g/mol. The van der Waals surface area contributed by atoms with E-state index in [1.54, 1.807) is 6.07 Å². The Morgan fingerprint density at radius 1 is 1.45 bits per heavy atom. The standard InChI is InChI=1S/C13H19FN2O2S.ClH/c1-10-7-13(5-6-15-10)16-19(17,18)9-11-3-2-4-12(14)8-11;/h2-4,8,10,13,15-16H,5-7,9H2,1H3;1H. The highest BCUT2D eigenvalue weighted by Gasteiger charge is 2.23. The summed E-state index contributed by atoms with van der Waals surface area (Å²) < 4.78 is 39.8. The lowest BCUT2D eigenvalue weighted by Crippen LogP contribution is -2.46. The van der Waals surface area contributed by atoms with E-state index in [0.29, 0.717) is 11.6 Å². The topological polar surface area (TPSA) is 58.2 Å². The third kappa shape index (κ3) is 5.36. The second-order valence-corrected chi connectivity index (χ2v) is 6.84. The summed E-state index contributed by atoms with van der Waals surface area (Å²) in [5.41, 5.74) is 0.467. The molecule has 114 valence electrons. The Hall–Kier alpha value is -0.690. The van der Waals surface area contributed by atoms with Gasteiger partial charge < -0.3 is 5.32 Å². The molecule has 20 heavy (non-hydrogen) atoms. The van der Waals surface area contributed by atoms with E-state index in [1.807, 2.05) is 6.92 Å². The summed E-state index contributed by atoms with van der Waals surface area (Å²) in [5.74, 6) is -0.591. The number of sulfonamides is 1. The van der Waals surface area contributed by atoms with Crippen molar-refractivity contribution in [1.29, 1.82) is 0 Å². The first kappa shape index (κ1) is 17.4. The predicted molar refractivity (Wildman–Crippen MR) is 79.9 cm³/mol. The molecular formula is C13H20ClFN2O2S. The third-order valence-corrected chi connectivity index (χ3v) is 4.62. The molecule has 0 aliphatic carbocycles. The molecule has 0 spiro atoms. The Balaban J connectivity index is 0.00000200. The Bertz CT molecular complexity index is 539. The molecule has 4 nitrogen and oxygen atoms in total. The van der Waals surface area contributed by atoms with Crippen LogP contribution in [0.4, 0.5) is 4.39 Å². The maximum Gasteiger partial charge on any atom is 0.216 e. The van der Waals surface area contributed by atoms with E-state index in [1.165, 1.54) is 18.2 Å². The summed E-state index contributed by atoms with van der Waals surface area (Å²) in [5, 5.41) is 3.27. The average Bonchev–Trinajstić information content (AvgIpc) is 2.27. The van der Waals surface area contributed by atoms with E-state index < -0.39 is 15.8 Å². The van der Waals surface area contributed by atoms with E-state index in [-0.39, 0.29) is 24.2 Å². The van der Waals surface area contributed by atoms with E-state index in [4.69, 9.17) is 0 Å². The van der Waals surface area contributed by atoms with E-state index in [2.05, 4.69) is 10.0 Å². The first-order valence-corrected chi connectivity index (χ1v) is 8.08. The third-order valence-electron chi connectivity index (χ3n) is 3.22. The summed E-state index contributed by atoms with van der Waals surface area (Å²) in [7, 11) is -3.42. The van der Waals surface area contributed by atoms with Gasteiger partial charge in [-0.25, -0.2) is 17.5 Å². The molecule has 7 heteroatoms. The first-order valence-electron chi connectivity index (χ1n) is 6.42. The SMILES string of the molecule is CC1CC(NS(=O)(=O)Cc2cccc(F)c2)CCN1.Cl.